The van der Waals surface area contributed by atoms with Gasteiger partial charge in [-0.3, -0.25) is 4.39 Å². The molecule has 0 fully saturated rings. The molecule has 0 bridgehead atoms. The summed E-state index contributed by atoms with van der Waals surface area (Å²) in [4.78, 5) is 11.2. The smallest absolute Gasteiger partial charge is 0.335 e. The first kappa shape index (κ1) is 22.7. The summed E-state index contributed by atoms with van der Waals surface area (Å²) >= 11 is 0. The van der Waals surface area contributed by atoms with Crippen molar-refractivity contribution in [3.8, 4) is 0 Å². The second kappa shape index (κ2) is 15.8. The van der Waals surface area contributed by atoms with E-state index in [2.05, 4.69) is 0 Å². The van der Waals surface area contributed by atoms with Crippen molar-refractivity contribution in [2.24, 2.45) is 0 Å². The number of hydrogen-bond acceptors (Lipinski definition) is 1. The van der Waals surface area contributed by atoms with Gasteiger partial charge in [0, 0.05) is 0 Å². The summed E-state index contributed by atoms with van der Waals surface area (Å²) in [5, 5.41) is 9.18. The quantitative estimate of drug-likeness (QED) is 0.293. The average molecular weight is 365 g/mol. The van der Waals surface area contributed by atoms with Gasteiger partial charge in [-0.15, -0.1) is 0 Å². The lowest BCUT2D eigenvalue weighted by Crippen LogP contribution is -2.02. The molecule has 1 rings (SSSR count). The highest BCUT2D eigenvalue weighted by Crippen LogP contribution is 2.15. The van der Waals surface area contributed by atoms with Crippen molar-refractivity contribution < 1.29 is 14.3 Å². The van der Waals surface area contributed by atoms with Crippen LogP contribution in [-0.4, -0.2) is 17.8 Å². The largest absolute Gasteiger partial charge is 0.478 e. The van der Waals surface area contributed by atoms with Crippen LogP contribution >= 0.6 is 0 Å². The molecular weight excluding hydrogens is 327 g/mol. The molecule has 1 aromatic carbocycles. The van der Waals surface area contributed by atoms with Crippen molar-refractivity contribution in [1.82, 2.24) is 0 Å². The summed E-state index contributed by atoms with van der Waals surface area (Å²) in [5.41, 5.74) is 1.42. The van der Waals surface area contributed by atoms with E-state index in [-0.39, 0.29) is 6.67 Å². The Bertz CT molecular complexity index is 473. The Morgan fingerprint density at radius 1 is 0.692 bits per heavy atom. The third kappa shape index (κ3) is 11.3. The summed E-state index contributed by atoms with van der Waals surface area (Å²) in [7, 11) is 0. The lowest BCUT2D eigenvalue weighted by Gasteiger charge is -2.06. The predicted molar refractivity (Wildman–Crippen MR) is 108 cm³/mol. The Morgan fingerprint density at radius 2 is 1.12 bits per heavy atom. The standard InChI is InChI=1S/C23H37FO2/c24-20-16-12-10-8-6-4-2-1-3-5-7-9-11-13-17-21-18-14-15-19-22(21)23(25)26/h14-15,18-19H,1-13,16-17,20H2,(H,25,26). The fourth-order valence-electron chi connectivity index (χ4n) is 3.48. The summed E-state index contributed by atoms with van der Waals surface area (Å²) in [6.45, 7) is -0.157. The molecular formula is C23H37FO2. The maximum absolute atomic E-state index is 11.9. The SMILES string of the molecule is O=C(O)c1ccccc1CCCCCCCCCCCCCCCCF. The van der Waals surface area contributed by atoms with Crippen molar-refractivity contribution in [2.45, 2.75) is 96.3 Å². The first-order valence-electron chi connectivity index (χ1n) is 10.6. The van der Waals surface area contributed by atoms with Gasteiger partial charge in [-0.05, 0) is 30.9 Å². The summed E-state index contributed by atoms with van der Waals surface area (Å²) in [6, 6.07) is 7.35. The van der Waals surface area contributed by atoms with Gasteiger partial charge in [-0.2, -0.15) is 0 Å². The molecule has 148 valence electrons. The highest BCUT2D eigenvalue weighted by Gasteiger charge is 2.07. The summed E-state index contributed by atoms with van der Waals surface area (Å²) in [5.74, 6) is -0.819. The normalized spacial score (nSPS) is 11.0. The molecule has 0 saturated carbocycles. The number of carboxylic acid groups (broad SMARTS) is 1. The number of hydrogen-bond donors (Lipinski definition) is 1. The highest BCUT2D eigenvalue weighted by molar-refractivity contribution is 5.89. The van der Waals surface area contributed by atoms with Crippen molar-refractivity contribution in [3.05, 3.63) is 35.4 Å². The van der Waals surface area contributed by atoms with Crippen LogP contribution in [0.15, 0.2) is 24.3 Å². The number of unbranched alkanes of at least 4 members (excludes halogenated alkanes) is 13. The van der Waals surface area contributed by atoms with Crippen LogP contribution in [0.3, 0.4) is 0 Å². The van der Waals surface area contributed by atoms with E-state index in [1.165, 1.54) is 70.6 Å². The number of halogens is 1. The number of rotatable bonds is 17. The molecule has 0 heterocycles. The molecule has 0 spiro atoms. The molecule has 0 atom stereocenters. The molecule has 0 radical (unpaired) electrons. The van der Waals surface area contributed by atoms with Crippen LogP contribution in [0.25, 0.3) is 0 Å². The number of benzene rings is 1. The first-order chi connectivity index (χ1) is 12.8. The third-order valence-corrected chi connectivity index (χ3v) is 5.08. The van der Waals surface area contributed by atoms with Gasteiger partial charge in [0.25, 0.3) is 0 Å². The Morgan fingerprint density at radius 3 is 1.58 bits per heavy atom. The number of aryl methyl sites for hydroxylation is 1. The molecule has 0 saturated heterocycles. The van der Waals surface area contributed by atoms with E-state index >= 15 is 0 Å². The minimum absolute atomic E-state index is 0.157. The molecule has 0 unspecified atom stereocenters. The highest BCUT2D eigenvalue weighted by atomic mass is 19.1. The van der Waals surface area contributed by atoms with Gasteiger partial charge in [-0.1, -0.05) is 95.2 Å². The topological polar surface area (TPSA) is 37.3 Å². The fourth-order valence-corrected chi connectivity index (χ4v) is 3.48. The van der Waals surface area contributed by atoms with E-state index in [9.17, 15) is 14.3 Å². The summed E-state index contributed by atoms with van der Waals surface area (Å²) in [6.07, 6.45) is 17.9. The monoisotopic (exact) mass is 364 g/mol. The minimum Gasteiger partial charge on any atom is -0.478 e. The molecule has 0 aliphatic carbocycles. The van der Waals surface area contributed by atoms with E-state index in [0.717, 1.165) is 31.2 Å². The van der Waals surface area contributed by atoms with Gasteiger partial charge in [0.05, 0.1) is 12.2 Å². The Labute approximate surface area is 159 Å². The van der Waals surface area contributed by atoms with Gasteiger partial charge in [0.15, 0.2) is 0 Å². The van der Waals surface area contributed by atoms with E-state index in [1.54, 1.807) is 12.1 Å². The van der Waals surface area contributed by atoms with E-state index < -0.39 is 5.97 Å². The maximum Gasteiger partial charge on any atom is 0.335 e. The molecule has 0 aliphatic heterocycles. The number of aromatic carboxylic acids is 1. The van der Waals surface area contributed by atoms with Crippen LogP contribution in [0.4, 0.5) is 4.39 Å². The van der Waals surface area contributed by atoms with Crippen LogP contribution in [0.5, 0.6) is 0 Å². The minimum atomic E-state index is -0.819. The van der Waals surface area contributed by atoms with Crippen LogP contribution < -0.4 is 0 Å². The van der Waals surface area contributed by atoms with Crippen LogP contribution in [0.1, 0.15) is 106 Å². The lowest BCUT2D eigenvalue weighted by molar-refractivity contribution is 0.0695. The molecule has 0 aliphatic rings. The van der Waals surface area contributed by atoms with Crippen LogP contribution in [-0.2, 0) is 6.42 Å². The van der Waals surface area contributed by atoms with Crippen molar-refractivity contribution in [3.63, 3.8) is 0 Å². The van der Waals surface area contributed by atoms with Crippen LogP contribution in [0.2, 0.25) is 0 Å². The van der Waals surface area contributed by atoms with E-state index in [0.29, 0.717) is 5.56 Å². The molecule has 0 aromatic heterocycles. The molecule has 1 N–H and O–H groups in total. The first-order valence-corrected chi connectivity index (χ1v) is 10.6. The van der Waals surface area contributed by atoms with E-state index in [1.807, 2.05) is 12.1 Å². The van der Waals surface area contributed by atoms with Crippen molar-refractivity contribution in [2.75, 3.05) is 6.67 Å². The Kier molecular flexibility index (Phi) is 13.8. The van der Waals surface area contributed by atoms with Gasteiger partial charge in [-0.25, -0.2) is 4.79 Å². The predicted octanol–water partition coefficient (Wildman–Crippen LogP) is 7.36. The zero-order valence-corrected chi connectivity index (χ0v) is 16.4. The molecule has 3 heteroatoms. The second-order valence-corrected chi connectivity index (χ2v) is 7.35. The van der Waals surface area contributed by atoms with Crippen molar-refractivity contribution in [1.29, 1.82) is 0 Å². The van der Waals surface area contributed by atoms with Gasteiger partial charge < -0.3 is 5.11 Å². The van der Waals surface area contributed by atoms with Crippen molar-refractivity contribution >= 4 is 5.97 Å². The second-order valence-electron chi connectivity index (χ2n) is 7.35. The Hall–Kier alpha value is -1.38. The fraction of sp³-hybridized carbons (Fsp3) is 0.696. The van der Waals surface area contributed by atoms with Gasteiger partial charge in [0.2, 0.25) is 0 Å². The van der Waals surface area contributed by atoms with Crippen LogP contribution in [0, 0.1) is 0 Å². The van der Waals surface area contributed by atoms with Gasteiger partial charge in [0.1, 0.15) is 0 Å². The molecule has 2 nitrogen and oxygen atoms in total. The zero-order valence-electron chi connectivity index (χ0n) is 16.4. The molecule has 1 aromatic rings. The van der Waals surface area contributed by atoms with Gasteiger partial charge >= 0.3 is 5.97 Å². The zero-order chi connectivity index (χ0) is 18.9. The Balaban J connectivity index is 1.88. The maximum atomic E-state index is 11.9. The summed E-state index contributed by atoms with van der Waals surface area (Å²) < 4.78 is 11.9. The average Bonchev–Trinajstić information content (AvgIpc) is 2.65. The van der Waals surface area contributed by atoms with E-state index in [4.69, 9.17) is 0 Å². The number of carbonyl (C=O) groups is 1. The number of alkyl halides is 1. The third-order valence-electron chi connectivity index (χ3n) is 5.08. The molecule has 0 amide bonds. The lowest BCUT2D eigenvalue weighted by atomic mass is 10.00. The number of carboxylic acids is 1. The molecule has 26 heavy (non-hydrogen) atoms.